The lowest BCUT2D eigenvalue weighted by Crippen LogP contribution is -2.53. The molecule has 0 radical (unpaired) electrons. The third kappa shape index (κ3) is 15.4. The maximum absolute atomic E-state index is 12.6. The Balaban J connectivity index is 2.07. The number of benzene rings is 2. The number of aliphatic hydroxyl groups excluding tert-OH is 3. The molecule has 0 bridgehead atoms. The van der Waals surface area contributed by atoms with Crippen LogP contribution in [0.2, 0.25) is 0 Å². The van der Waals surface area contributed by atoms with Crippen LogP contribution in [0.1, 0.15) is 45.7 Å². The molecule has 2 amide bonds. The molecule has 0 heterocycles. The van der Waals surface area contributed by atoms with Gasteiger partial charge in [-0.05, 0) is 70.7 Å². The lowest BCUT2D eigenvalue weighted by Gasteiger charge is -2.29. The van der Waals surface area contributed by atoms with Gasteiger partial charge in [0.1, 0.15) is 23.6 Å². The van der Waals surface area contributed by atoms with Crippen molar-refractivity contribution in [3.63, 3.8) is 0 Å². The molecular formula is C33H51N3O9. The summed E-state index contributed by atoms with van der Waals surface area (Å²) < 4.78 is 21.3. The molecule has 4 atom stereocenters. The zero-order chi connectivity index (χ0) is 33.5. The summed E-state index contributed by atoms with van der Waals surface area (Å²) in [7, 11) is 1.60. The summed E-state index contributed by atoms with van der Waals surface area (Å²) in [4.78, 5) is 25.2. The first-order chi connectivity index (χ1) is 21.2. The van der Waals surface area contributed by atoms with Crippen molar-refractivity contribution in [3.8, 4) is 5.75 Å². The summed E-state index contributed by atoms with van der Waals surface area (Å²) >= 11 is 0. The smallest absolute Gasteiger partial charge is 0.408 e. The monoisotopic (exact) mass is 633 g/mol. The zero-order valence-electron chi connectivity index (χ0n) is 27.2. The van der Waals surface area contributed by atoms with Crippen LogP contribution >= 0.6 is 0 Å². The Morgan fingerprint density at radius 1 is 0.756 bits per heavy atom. The Hall–Kier alpha value is -3.42. The molecule has 0 saturated carbocycles. The number of hydrogen-bond donors (Lipinski definition) is 6. The molecule has 6 N–H and O–H groups in total. The van der Waals surface area contributed by atoms with E-state index in [-0.39, 0.29) is 19.7 Å². The number of nitrogens with one attached hydrogen (secondary N) is 3. The Labute approximate surface area is 266 Å². The van der Waals surface area contributed by atoms with E-state index < -0.39 is 47.7 Å². The quantitative estimate of drug-likeness (QED) is 0.134. The van der Waals surface area contributed by atoms with Gasteiger partial charge >= 0.3 is 12.2 Å². The summed E-state index contributed by atoms with van der Waals surface area (Å²) in [5, 5.41) is 40.2. The van der Waals surface area contributed by atoms with Crippen molar-refractivity contribution in [3.05, 3.63) is 65.7 Å². The van der Waals surface area contributed by atoms with Gasteiger partial charge in [-0.25, -0.2) is 9.59 Å². The van der Waals surface area contributed by atoms with E-state index in [4.69, 9.17) is 18.9 Å². The Bertz CT molecular complexity index is 1140. The van der Waals surface area contributed by atoms with Crippen LogP contribution in [0.5, 0.6) is 5.75 Å². The number of methoxy groups -OCH3 is 1. The SMILES string of the molecule is COCCOc1ccc(C[C@H](NC(=O)OC(C)(C)C)[C@H](O)CNC[C@@H](O)[C@H](Cc2ccccc2)NC(=O)OC(C)(C)CO)cc1. The van der Waals surface area contributed by atoms with Gasteiger partial charge < -0.3 is 50.2 Å². The summed E-state index contributed by atoms with van der Waals surface area (Å²) in [6.07, 6.45) is -2.94. The maximum atomic E-state index is 12.6. The fourth-order valence-corrected chi connectivity index (χ4v) is 4.24. The van der Waals surface area contributed by atoms with E-state index >= 15 is 0 Å². The average molecular weight is 634 g/mol. The average Bonchev–Trinajstić information content (AvgIpc) is 2.96. The van der Waals surface area contributed by atoms with Crippen LogP contribution < -0.4 is 20.7 Å². The first-order valence-corrected chi connectivity index (χ1v) is 15.1. The third-order valence-corrected chi connectivity index (χ3v) is 6.62. The van der Waals surface area contributed by atoms with Crippen molar-refractivity contribution < 1.29 is 43.9 Å². The predicted octanol–water partition coefficient (Wildman–Crippen LogP) is 2.57. The van der Waals surface area contributed by atoms with Crippen molar-refractivity contribution in [1.29, 1.82) is 0 Å². The molecule has 2 aromatic rings. The van der Waals surface area contributed by atoms with E-state index in [2.05, 4.69) is 16.0 Å². The highest BCUT2D eigenvalue weighted by atomic mass is 16.6. The molecule has 2 rings (SSSR count). The number of hydrogen-bond acceptors (Lipinski definition) is 10. The van der Waals surface area contributed by atoms with Crippen LogP contribution in [0.3, 0.4) is 0 Å². The van der Waals surface area contributed by atoms with Crippen LogP contribution in [-0.4, -0.2) is 103 Å². The normalized spacial score (nSPS) is 14.5. The maximum Gasteiger partial charge on any atom is 0.408 e. The van der Waals surface area contributed by atoms with Crippen LogP contribution in [-0.2, 0) is 27.1 Å². The molecule has 12 nitrogen and oxygen atoms in total. The van der Waals surface area contributed by atoms with E-state index in [1.165, 1.54) is 0 Å². The molecule has 0 aliphatic rings. The summed E-state index contributed by atoms with van der Waals surface area (Å²) in [5.74, 6) is 0.672. The lowest BCUT2D eigenvalue weighted by molar-refractivity contribution is -0.00773. The van der Waals surface area contributed by atoms with Crippen molar-refractivity contribution in [2.75, 3.05) is 40.0 Å². The van der Waals surface area contributed by atoms with E-state index in [0.29, 0.717) is 31.8 Å². The third-order valence-electron chi connectivity index (χ3n) is 6.62. The molecule has 2 aromatic carbocycles. The summed E-state index contributed by atoms with van der Waals surface area (Å²) in [5.41, 5.74) is -0.0784. The number of carbonyl (C=O) groups excluding carboxylic acids is 2. The molecule has 0 aromatic heterocycles. The predicted molar refractivity (Wildman–Crippen MR) is 170 cm³/mol. The number of amides is 2. The molecule has 0 aliphatic carbocycles. The fourth-order valence-electron chi connectivity index (χ4n) is 4.24. The molecule has 0 spiro atoms. The standard InChI is InChI=1S/C33H51N3O9/c1-32(2,3)44-30(40)35-27(19-24-12-14-25(15-13-24)43-17-16-42-6)29(39)21-34-20-28(38)26(18-23-10-8-7-9-11-23)36-31(41)45-33(4,5)22-37/h7-15,26-29,34,37-39H,16-22H2,1-6H3,(H,35,40)(H,36,41)/t26-,27-,28+,29+/m0/s1. The molecule has 0 fully saturated rings. The van der Waals surface area contributed by atoms with Crippen LogP contribution in [0.25, 0.3) is 0 Å². The molecule has 0 aliphatic heterocycles. The second kappa shape index (κ2) is 18.5. The Kier molecular flexibility index (Phi) is 15.5. The van der Waals surface area contributed by atoms with Crippen LogP contribution in [0, 0.1) is 0 Å². The molecule has 45 heavy (non-hydrogen) atoms. The molecule has 12 heteroatoms. The Morgan fingerprint density at radius 3 is 1.76 bits per heavy atom. The van der Waals surface area contributed by atoms with Gasteiger partial charge in [-0.3, -0.25) is 0 Å². The first kappa shape index (κ1) is 37.8. The molecule has 0 unspecified atom stereocenters. The summed E-state index contributed by atoms with van der Waals surface area (Å²) in [6.45, 7) is 8.97. The van der Waals surface area contributed by atoms with Gasteiger partial charge in [-0.15, -0.1) is 0 Å². The topological polar surface area (TPSA) is 168 Å². The lowest BCUT2D eigenvalue weighted by atomic mass is 10.00. The highest BCUT2D eigenvalue weighted by Crippen LogP contribution is 2.16. The number of rotatable bonds is 18. The van der Waals surface area contributed by atoms with Crippen molar-refractivity contribution in [2.45, 2.75) is 83.0 Å². The highest BCUT2D eigenvalue weighted by Gasteiger charge is 2.28. The second-order valence-corrected chi connectivity index (χ2v) is 12.5. The van der Waals surface area contributed by atoms with Crippen molar-refractivity contribution in [1.82, 2.24) is 16.0 Å². The first-order valence-electron chi connectivity index (χ1n) is 15.1. The van der Waals surface area contributed by atoms with Crippen LogP contribution in [0.4, 0.5) is 9.59 Å². The van der Waals surface area contributed by atoms with Gasteiger partial charge in [0.2, 0.25) is 0 Å². The number of ether oxygens (including phenoxy) is 4. The minimum atomic E-state index is -1.10. The molecule has 252 valence electrons. The summed E-state index contributed by atoms with van der Waals surface area (Å²) in [6, 6.07) is 15.2. The second-order valence-electron chi connectivity index (χ2n) is 12.5. The zero-order valence-corrected chi connectivity index (χ0v) is 27.2. The van der Waals surface area contributed by atoms with Gasteiger partial charge in [0, 0.05) is 20.2 Å². The van der Waals surface area contributed by atoms with Crippen molar-refractivity contribution in [2.24, 2.45) is 0 Å². The van der Waals surface area contributed by atoms with E-state index in [1.54, 1.807) is 41.7 Å². The largest absolute Gasteiger partial charge is 0.491 e. The number of alkyl carbamates (subject to hydrolysis) is 2. The van der Waals surface area contributed by atoms with Crippen LogP contribution in [0.15, 0.2) is 54.6 Å². The van der Waals surface area contributed by atoms with Gasteiger partial charge in [-0.1, -0.05) is 42.5 Å². The van der Waals surface area contributed by atoms with E-state index in [0.717, 1.165) is 11.1 Å². The molecular weight excluding hydrogens is 582 g/mol. The Morgan fingerprint density at radius 2 is 1.27 bits per heavy atom. The molecule has 0 saturated heterocycles. The minimum absolute atomic E-state index is 0.0188. The van der Waals surface area contributed by atoms with Gasteiger partial charge in [-0.2, -0.15) is 0 Å². The minimum Gasteiger partial charge on any atom is -0.491 e. The van der Waals surface area contributed by atoms with E-state index in [1.807, 2.05) is 54.6 Å². The fraction of sp³-hybridized carbons (Fsp3) is 0.576. The highest BCUT2D eigenvalue weighted by molar-refractivity contribution is 5.68. The number of carbonyl (C=O) groups is 2. The van der Waals surface area contributed by atoms with Crippen molar-refractivity contribution >= 4 is 12.2 Å². The van der Waals surface area contributed by atoms with Gasteiger partial charge in [0.15, 0.2) is 0 Å². The number of aliphatic hydroxyl groups is 3. The van der Waals surface area contributed by atoms with Gasteiger partial charge in [0.25, 0.3) is 0 Å². The van der Waals surface area contributed by atoms with E-state index in [9.17, 15) is 24.9 Å². The van der Waals surface area contributed by atoms with Gasteiger partial charge in [0.05, 0.1) is 37.5 Å².